The first-order valence-corrected chi connectivity index (χ1v) is 8.12. The molecule has 0 aromatic heterocycles. The van der Waals surface area contributed by atoms with E-state index >= 15 is 0 Å². The topological polar surface area (TPSA) is 29.5 Å². The molecule has 0 aliphatic heterocycles. The molecule has 2 nitrogen and oxygen atoms in total. The van der Waals surface area contributed by atoms with Gasteiger partial charge in [0.1, 0.15) is 12.4 Å². The minimum absolute atomic E-state index is 0.358. The SMILES string of the molecule is CCCCCCCCCc1ccc(OC[C@H](C)O)cc1. The van der Waals surface area contributed by atoms with Crippen LogP contribution in [0.3, 0.4) is 0 Å². The smallest absolute Gasteiger partial charge is 0.119 e. The van der Waals surface area contributed by atoms with Crippen molar-refractivity contribution in [3.63, 3.8) is 0 Å². The van der Waals surface area contributed by atoms with Crippen molar-refractivity contribution in [3.05, 3.63) is 29.8 Å². The van der Waals surface area contributed by atoms with Crippen molar-refractivity contribution in [3.8, 4) is 5.75 Å². The second kappa shape index (κ2) is 10.7. The van der Waals surface area contributed by atoms with Gasteiger partial charge in [-0.05, 0) is 37.5 Å². The number of hydrogen-bond donors (Lipinski definition) is 1. The van der Waals surface area contributed by atoms with Crippen molar-refractivity contribution < 1.29 is 9.84 Å². The number of ether oxygens (including phenoxy) is 1. The van der Waals surface area contributed by atoms with Gasteiger partial charge in [-0.3, -0.25) is 0 Å². The number of aliphatic hydroxyl groups is 1. The molecule has 114 valence electrons. The van der Waals surface area contributed by atoms with Gasteiger partial charge in [0.15, 0.2) is 0 Å². The van der Waals surface area contributed by atoms with E-state index in [1.54, 1.807) is 6.92 Å². The number of unbranched alkanes of at least 4 members (excludes halogenated alkanes) is 6. The third-order valence-corrected chi connectivity index (χ3v) is 3.48. The molecule has 0 saturated carbocycles. The summed E-state index contributed by atoms with van der Waals surface area (Å²) in [6, 6.07) is 8.26. The Hall–Kier alpha value is -1.02. The monoisotopic (exact) mass is 278 g/mol. The van der Waals surface area contributed by atoms with Crippen LogP contribution in [0.5, 0.6) is 5.75 Å². The van der Waals surface area contributed by atoms with Crippen molar-refractivity contribution >= 4 is 0 Å². The van der Waals surface area contributed by atoms with Crippen LogP contribution in [0.2, 0.25) is 0 Å². The summed E-state index contributed by atoms with van der Waals surface area (Å²) in [6.07, 6.45) is 10.2. The molecule has 0 spiro atoms. The maximum atomic E-state index is 9.16. The summed E-state index contributed by atoms with van der Waals surface area (Å²) in [7, 11) is 0. The van der Waals surface area contributed by atoms with E-state index in [4.69, 9.17) is 9.84 Å². The van der Waals surface area contributed by atoms with Crippen LogP contribution in [0.4, 0.5) is 0 Å². The lowest BCUT2D eigenvalue weighted by atomic mass is 10.0. The number of rotatable bonds is 11. The number of benzene rings is 1. The molecule has 0 heterocycles. The van der Waals surface area contributed by atoms with E-state index in [-0.39, 0.29) is 0 Å². The first kappa shape index (κ1) is 17.0. The minimum atomic E-state index is -0.414. The third-order valence-electron chi connectivity index (χ3n) is 3.48. The molecule has 0 bridgehead atoms. The highest BCUT2D eigenvalue weighted by atomic mass is 16.5. The zero-order valence-corrected chi connectivity index (χ0v) is 13.1. The zero-order valence-electron chi connectivity index (χ0n) is 13.1. The summed E-state index contributed by atoms with van der Waals surface area (Å²) in [6.45, 7) is 4.35. The molecule has 1 aromatic rings. The van der Waals surface area contributed by atoms with Crippen LogP contribution in [0.15, 0.2) is 24.3 Å². The quantitative estimate of drug-likeness (QED) is 0.592. The van der Waals surface area contributed by atoms with Gasteiger partial charge in [-0.25, -0.2) is 0 Å². The standard InChI is InChI=1S/C18H30O2/c1-3-4-5-6-7-8-9-10-17-11-13-18(14-12-17)20-15-16(2)19/h11-14,16,19H,3-10,15H2,1-2H3/t16-/m0/s1. The molecule has 1 N–H and O–H groups in total. The Labute approximate surface area is 124 Å². The fourth-order valence-electron chi connectivity index (χ4n) is 2.26. The van der Waals surface area contributed by atoms with Crippen molar-refractivity contribution in [2.75, 3.05) is 6.61 Å². The highest BCUT2D eigenvalue weighted by Gasteiger charge is 1.99. The fourth-order valence-corrected chi connectivity index (χ4v) is 2.26. The summed E-state index contributed by atoms with van der Waals surface area (Å²) < 4.78 is 5.45. The molecule has 0 aliphatic carbocycles. The second-order valence-electron chi connectivity index (χ2n) is 5.68. The van der Waals surface area contributed by atoms with E-state index in [0.717, 1.165) is 12.2 Å². The van der Waals surface area contributed by atoms with E-state index in [1.807, 2.05) is 12.1 Å². The lowest BCUT2D eigenvalue weighted by Crippen LogP contribution is -2.12. The maximum Gasteiger partial charge on any atom is 0.119 e. The fraction of sp³-hybridized carbons (Fsp3) is 0.667. The van der Waals surface area contributed by atoms with Gasteiger partial charge < -0.3 is 9.84 Å². The van der Waals surface area contributed by atoms with Crippen LogP contribution in [0.1, 0.15) is 64.4 Å². The van der Waals surface area contributed by atoms with Crippen LogP contribution in [0.25, 0.3) is 0 Å². The van der Waals surface area contributed by atoms with E-state index in [0.29, 0.717) is 6.61 Å². The summed E-state index contributed by atoms with van der Waals surface area (Å²) in [4.78, 5) is 0. The molecule has 1 atom stereocenters. The molecule has 1 aromatic carbocycles. The maximum absolute atomic E-state index is 9.16. The molecule has 0 amide bonds. The van der Waals surface area contributed by atoms with Gasteiger partial charge in [-0.1, -0.05) is 57.6 Å². The van der Waals surface area contributed by atoms with Crippen LogP contribution in [-0.2, 0) is 6.42 Å². The lowest BCUT2D eigenvalue weighted by molar-refractivity contribution is 0.122. The van der Waals surface area contributed by atoms with Gasteiger partial charge in [-0.2, -0.15) is 0 Å². The van der Waals surface area contributed by atoms with Gasteiger partial charge in [0.25, 0.3) is 0 Å². The molecule has 0 aliphatic rings. The minimum Gasteiger partial charge on any atom is -0.491 e. The normalized spacial score (nSPS) is 12.3. The third kappa shape index (κ3) is 8.21. The van der Waals surface area contributed by atoms with Gasteiger partial charge in [0.2, 0.25) is 0 Å². The van der Waals surface area contributed by atoms with Crippen molar-refractivity contribution in [2.24, 2.45) is 0 Å². The molecule has 2 heteroatoms. The Bertz CT molecular complexity index is 330. The predicted molar refractivity (Wildman–Crippen MR) is 85.3 cm³/mol. The zero-order chi connectivity index (χ0) is 14.6. The molecule has 0 saturated heterocycles. The van der Waals surface area contributed by atoms with E-state index in [9.17, 15) is 0 Å². The first-order chi connectivity index (χ1) is 9.72. The number of aryl methyl sites for hydroxylation is 1. The van der Waals surface area contributed by atoms with Gasteiger partial charge in [0, 0.05) is 0 Å². The summed E-state index contributed by atoms with van der Waals surface area (Å²) in [5, 5.41) is 9.16. The largest absolute Gasteiger partial charge is 0.491 e. The summed E-state index contributed by atoms with van der Waals surface area (Å²) in [5.74, 6) is 0.842. The average Bonchev–Trinajstić information content (AvgIpc) is 2.45. The van der Waals surface area contributed by atoms with E-state index < -0.39 is 6.10 Å². The van der Waals surface area contributed by atoms with E-state index in [2.05, 4.69) is 19.1 Å². The van der Waals surface area contributed by atoms with Gasteiger partial charge in [-0.15, -0.1) is 0 Å². The van der Waals surface area contributed by atoms with Crippen LogP contribution >= 0.6 is 0 Å². The van der Waals surface area contributed by atoms with Gasteiger partial charge in [0.05, 0.1) is 6.10 Å². The van der Waals surface area contributed by atoms with Crippen LogP contribution < -0.4 is 4.74 Å². The number of hydrogen-bond acceptors (Lipinski definition) is 2. The Morgan fingerprint density at radius 3 is 2.15 bits per heavy atom. The molecule has 1 rings (SSSR count). The van der Waals surface area contributed by atoms with Crippen LogP contribution in [-0.4, -0.2) is 17.8 Å². The molecule has 0 radical (unpaired) electrons. The Kier molecular flexibility index (Phi) is 9.14. The van der Waals surface area contributed by atoms with Crippen molar-refractivity contribution in [2.45, 2.75) is 71.3 Å². The molecule has 20 heavy (non-hydrogen) atoms. The lowest BCUT2D eigenvalue weighted by Gasteiger charge is -2.08. The average molecular weight is 278 g/mol. The predicted octanol–water partition coefficient (Wildman–Crippen LogP) is 4.74. The first-order valence-electron chi connectivity index (χ1n) is 8.12. The highest BCUT2D eigenvalue weighted by Crippen LogP contribution is 2.15. The second-order valence-corrected chi connectivity index (χ2v) is 5.68. The van der Waals surface area contributed by atoms with Crippen molar-refractivity contribution in [1.29, 1.82) is 0 Å². The molecule has 0 unspecified atom stereocenters. The Morgan fingerprint density at radius 2 is 1.55 bits per heavy atom. The molecular weight excluding hydrogens is 248 g/mol. The summed E-state index contributed by atoms with van der Waals surface area (Å²) in [5.41, 5.74) is 1.38. The highest BCUT2D eigenvalue weighted by molar-refractivity contribution is 5.27. The molecular formula is C18H30O2. The Balaban J connectivity index is 2.12. The number of aliphatic hydroxyl groups excluding tert-OH is 1. The van der Waals surface area contributed by atoms with E-state index in [1.165, 1.54) is 50.5 Å². The van der Waals surface area contributed by atoms with Crippen molar-refractivity contribution in [1.82, 2.24) is 0 Å². The summed E-state index contributed by atoms with van der Waals surface area (Å²) >= 11 is 0. The van der Waals surface area contributed by atoms with Gasteiger partial charge >= 0.3 is 0 Å². The molecule has 0 fully saturated rings. The van der Waals surface area contributed by atoms with Crippen LogP contribution in [0, 0.1) is 0 Å². The Morgan fingerprint density at radius 1 is 0.950 bits per heavy atom.